The standard InChI is InChI=1S/C25H23N3O2/c1-27-23(20-12-14-22(30-2)15-13-20)16-28(25(27)26)17-24(29)21-10-8-19(9-11-21)18-6-4-3-5-7-18/h3-16,26H,17H2,1-2H3/p+1. The summed E-state index contributed by atoms with van der Waals surface area (Å²) in [5, 5.41) is 0. The Morgan fingerprint density at radius 2 is 1.50 bits per heavy atom. The normalized spacial score (nSPS) is 10.7. The maximum atomic E-state index is 12.9. The lowest BCUT2D eigenvalue weighted by Gasteiger charge is -2.04. The molecule has 30 heavy (non-hydrogen) atoms. The van der Waals surface area contributed by atoms with Crippen molar-refractivity contribution < 1.29 is 14.1 Å². The summed E-state index contributed by atoms with van der Waals surface area (Å²) >= 11 is 0. The van der Waals surface area contributed by atoms with E-state index in [2.05, 4.69) is 12.1 Å². The molecule has 2 N–H and O–H groups in total. The summed E-state index contributed by atoms with van der Waals surface area (Å²) in [4.78, 5) is 12.9. The molecule has 0 aliphatic rings. The summed E-state index contributed by atoms with van der Waals surface area (Å²) in [6, 6.07) is 25.6. The fourth-order valence-corrected chi connectivity index (χ4v) is 3.50. The highest BCUT2D eigenvalue weighted by Crippen LogP contribution is 2.23. The molecular formula is C25H24N3O2+. The van der Waals surface area contributed by atoms with Crippen LogP contribution in [-0.4, -0.2) is 17.5 Å². The number of nitrogens with zero attached hydrogens (tertiary/aromatic N) is 2. The SMILES string of the molecule is COc1ccc(-c2c[n+](CC(=O)c3ccc(-c4ccccc4)cc3)c(N)n2C)cc1. The number of aromatic nitrogens is 2. The van der Waals surface area contributed by atoms with Gasteiger partial charge in [-0.25, -0.2) is 9.13 Å². The molecule has 0 unspecified atom stereocenters. The number of nitrogens with two attached hydrogens (primary N) is 1. The Kier molecular flexibility index (Phi) is 5.35. The molecule has 0 radical (unpaired) electrons. The van der Waals surface area contributed by atoms with Crippen LogP contribution in [0.1, 0.15) is 10.4 Å². The number of rotatable bonds is 6. The third kappa shape index (κ3) is 3.82. The highest BCUT2D eigenvalue weighted by Gasteiger charge is 2.20. The number of Topliss-reactive ketones (excluding diaryl/α,β-unsaturated/α-hetero) is 1. The second-order valence-electron chi connectivity index (χ2n) is 7.15. The first-order valence-electron chi connectivity index (χ1n) is 9.74. The van der Waals surface area contributed by atoms with Gasteiger partial charge in [0.2, 0.25) is 0 Å². The van der Waals surface area contributed by atoms with E-state index in [4.69, 9.17) is 10.5 Å². The molecule has 5 heteroatoms. The molecule has 5 nitrogen and oxygen atoms in total. The van der Waals surface area contributed by atoms with Crippen molar-refractivity contribution in [3.8, 4) is 28.1 Å². The zero-order chi connectivity index (χ0) is 21.1. The van der Waals surface area contributed by atoms with E-state index in [1.807, 2.05) is 84.5 Å². The number of ketones is 1. The van der Waals surface area contributed by atoms with Crippen molar-refractivity contribution in [2.24, 2.45) is 7.05 Å². The summed E-state index contributed by atoms with van der Waals surface area (Å²) < 4.78 is 8.89. The lowest BCUT2D eigenvalue weighted by Crippen LogP contribution is -2.39. The Balaban J connectivity index is 1.54. The molecular weight excluding hydrogens is 374 g/mol. The minimum absolute atomic E-state index is 0.0122. The largest absolute Gasteiger partial charge is 0.497 e. The van der Waals surface area contributed by atoms with E-state index in [0.717, 1.165) is 28.1 Å². The van der Waals surface area contributed by atoms with E-state index >= 15 is 0 Å². The van der Waals surface area contributed by atoms with Crippen molar-refractivity contribution in [1.29, 1.82) is 0 Å². The molecule has 0 aliphatic heterocycles. The highest BCUT2D eigenvalue weighted by molar-refractivity contribution is 5.95. The molecule has 0 atom stereocenters. The Morgan fingerprint density at radius 3 is 2.13 bits per heavy atom. The van der Waals surface area contributed by atoms with Crippen molar-refractivity contribution in [1.82, 2.24) is 4.57 Å². The number of imidazole rings is 1. The molecule has 0 fully saturated rings. The lowest BCUT2D eigenvalue weighted by atomic mass is 10.0. The van der Waals surface area contributed by atoms with Crippen LogP contribution in [0.3, 0.4) is 0 Å². The zero-order valence-corrected chi connectivity index (χ0v) is 17.1. The van der Waals surface area contributed by atoms with Crippen LogP contribution < -0.4 is 15.0 Å². The molecule has 0 bridgehead atoms. The van der Waals surface area contributed by atoms with Crippen LogP contribution in [-0.2, 0) is 13.6 Å². The number of nitrogen functional groups attached to an aromatic ring is 1. The monoisotopic (exact) mass is 398 g/mol. The van der Waals surface area contributed by atoms with E-state index in [-0.39, 0.29) is 12.3 Å². The number of carbonyl (C=O) groups excluding carboxylic acids is 1. The number of hydrogen-bond donors (Lipinski definition) is 1. The van der Waals surface area contributed by atoms with Gasteiger partial charge in [-0.1, -0.05) is 54.6 Å². The molecule has 0 saturated carbocycles. The Labute approximate surface area is 176 Å². The Morgan fingerprint density at radius 1 is 0.900 bits per heavy atom. The number of anilines is 1. The molecule has 4 aromatic rings. The van der Waals surface area contributed by atoms with Gasteiger partial charge in [-0.05, 0) is 35.4 Å². The van der Waals surface area contributed by atoms with Crippen molar-refractivity contribution in [3.05, 3.63) is 90.6 Å². The first-order valence-corrected chi connectivity index (χ1v) is 9.74. The van der Waals surface area contributed by atoms with E-state index in [1.165, 1.54) is 0 Å². The molecule has 3 aromatic carbocycles. The van der Waals surface area contributed by atoms with E-state index in [9.17, 15) is 4.79 Å². The van der Waals surface area contributed by atoms with Crippen LogP contribution in [0.5, 0.6) is 5.75 Å². The van der Waals surface area contributed by atoms with Crippen LogP contribution >= 0.6 is 0 Å². The van der Waals surface area contributed by atoms with Crippen LogP contribution in [0.25, 0.3) is 22.4 Å². The smallest absolute Gasteiger partial charge is 0.355 e. The maximum absolute atomic E-state index is 12.9. The molecule has 1 heterocycles. The van der Waals surface area contributed by atoms with Gasteiger partial charge in [-0.15, -0.1) is 0 Å². The van der Waals surface area contributed by atoms with Gasteiger partial charge in [0.25, 0.3) is 0 Å². The Bertz CT molecular complexity index is 1160. The molecule has 4 rings (SSSR count). The molecule has 1 aromatic heterocycles. The zero-order valence-electron chi connectivity index (χ0n) is 17.1. The maximum Gasteiger partial charge on any atom is 0.355 e. The molecule has 0 amide bonds. The first-order chi connectivity index (χ1) is 14.6. The number of benzene rings is 3. The summed E-state index contributed by atoms with van der Waals surface area (Å²) in [5.41, 5.74) is 11.1. The summed E-state index contributed by atoms with van der Waals surface area (Å²) in [6.07, 6.45) is 1.91. The topological polar surface area (TPSA) is 61.1 Å². The van der Waals surface area contributed by atoms with E-state index in [0.29, 0.717) is 11.5 Å². The van der Waals surface area contributed by atoms with Crippen LogP contribution in [0, 0.1) is 0 Å². The minimum atomic E-state index is 0.0122. The quantitative estimate of drug-likeness (QED) is 0.393. The van der Waals surface area contributed by atoms with Gasteiger partial charge in [0.1, 0.15) is 24.2 Å². The summed E-state index contributed by atoms with van der Waals surface area (Å²) in [7, 11) is 3.53. The average Bonchev–Trinajstić information content (AvgIpc) is 3.08. The number of ether oxygens (including phenoxy) is 1. The third-order valence-corrected chi connectivity index (χ3v) is 5.29. The highest BCUT2D eigenvalue weighted by atomic mass is 16.5. The average molecular weight is 398 g/mol. The molecule has 0 saturated heterocycles. The summed E-state index contributed by atoms with van der Waals surface area (Å²) in [5.74, 6) is 1.33. The molecule has 0 spiro atoms. The van der Waals surface area contributed by atoms with Gasteiger partial charge >= 0.3 is 5.95 Å². The van der Waals surface area contributed by atoms with Crippen LogP contribution in [0.4, 0.5) is 5.95 Å². The second-order valence-corrected chi connectivity index (χ2v) is 7.15. The third-order valence-electron chi connectivity index (χ3n) is 5.29. The first kappa shape index (κ1) is 19.5. The molecule has 0 aliphatic carbocycles. The number of carbonyl (C=O) groups is 1. The fraction of sp³-hybridized carbons (Fsp3) is 0.120. The van der Waals surface area contributed by atoms with Crippen molar-refractivity contribution in [2.75, 3.05) is 12.8 Å². The van der Waals surface area contributed by atoms with Crippen molar-refractivity contribution >= 4 is 11.7 Å². The molecule has 150 valence electrons. The number of methoxy groups -OCH3 is 1. The fourth-order valence-electron chi connectivity index (χ4n) is 3.50. The van der Waals surface area contributed by atoms with Crippen molar-refractivity contribution in [2.45, 2.75) is 6.54 Å². The van der Waals surface area contributed by atoms with Gasteiger partial charge in [-0.3, -0.25) is 10.5 Å². The van der Waals surface area contributed by atoms with Gasteiger partial charge in [-0.2, -0.15) is 0 Å². The van der Waals surface area contributed by atoms with Crippen LogP contribution in [0.2, 0.25) is 0 Å². The van der Waals surface area contributed by atoms with Gasteiger partial charge in [0.15, 0.2) is 5.78 Å². The van der Waals surface area contributed by atoms with Crippen molar-refractivity contribution in [3.63, 3.8) is 0 Å². The Hall–Kier alpha value is -3.86. The summed E-state index contributed by atoms with van der Waals surface area (Å²) in [6.45, 7) is 0.181. The number of hydrogen-bond acceptors (Lipinski definition) is 3. The van der Waals surface area contributed by atoms with Gasteiger partial charge in [0.05, 0.1) is 14.2 Å². The van der Waals surface area contributed by atoms with E-state index in [1.54, 1.807) is 11.7 Å². The second kappa shape index (κ2) is 8.25. The van der Waals surface area contributed by atoms with Crippen LogP contribution in [0.15, 0.2) is 85.1 Å². The van der Waals surface area contributed by atoms with Gasteiger partial charge < -0.3 is 4.74 Å². The minimum Gasteiger partial charge on any atom is -0.497 e. The van der Waals surface area contributed by atoms with E-state index < -0.39 is 0 Å². The predicted octanol–water partition coefficient (Wildman–Crippen LogP) is 4.12. The predicted molar refractivity (Wildman–Crippen MR) is 118 cm³/mol. The lowest BCUT2D eigenvalue weighted by molar-refractivity contribution is -0.667. The van der Waals surface area contributed by atoms with Gasteiger partial charge in [0, 0.05) is 11.1 Å².